The number of nitrogens with one attached hydrogen (secondary N) is 2. The summed E-state index contributed by atoms with van der Waals surface area (Å²) < 4.78 is 10.7. The Morgan fingerprint density at radius 3 is 2.55 bits per heavy atom. The second-order valence-electron chi connectivity index (χ2n) is 8.28. The molecule has 0 aliphatic heterocycles. The number of amides is 2. The van der Waals surface area contributed by atoms with Gasteiger partial charge in [0.2, 0.25) is 5.91 Å². The Kier molecular flexibility index (Phi) is 9.94. The van der Waals surface area contributed by atoms with Crippen molar-refractivity contribution in [3.8, 4) is 11.5 Å². The first-order valence-electron chi connectivity index (χ1n) is 11.6. The van der Waals surface area contributed by atoms with Crippen LogP contribution in [-0.2, 0) is 11.2 Å². The lowest BCUT2D eigenvalue weighted by atomic mass is 9.89. The third-order valence-corrected chi connectivity index (χ3v) is 7.04. The van der Waals surface area contributed by atoms with Crippen LogP contribution in [-0.4, -0.2) is 44.9 Å². The predicted molar refractivity (Wildman–Crippen MR) is 132 cm³/mol. The maximum absolute atomic E-state index is 12.8. The molecule has 7 heteroatoms. The highest BCUT2D eigenvalue weighted by Gasteiger charge is 2.16. The highest BCUT2D eigenvalue weighted by Crippen LogP contribution is 2.25. The van der Waals surface area contributed by atoms with E-state index in [-0.39, 0.29) is 11.8 Å². The van der Waals surface area contributed by atoms with E-state index < -0.39 is 0 Å². The molecular weight excluding hydrogens is 436 g/mol. The summed E-state index contributed by atoms with van der Waals surface area (Å²) in [6, 6.07) is 13.0. The Balaban J connectivity index is 1.49. The van der Waals surface area contributed by atoms with Gasteiger partial charge in [0, 0.05) is 18.0 Å². The molecule has 0 spiro atoms. The molecule has 3 rings (SSSR count). The van der Waals surface area contributed by atoms with Gasteiger partial charge in [-0.15, -0.1) is 11.8 Å². The van der Waals surface area contributed by atoms with Crippen molar-refractivity contribution in [1.29, 1.82) is 0 Å². The van der Waals surface area contributed by atoms with Crippen LogP contribution in [0.5, 0.6) is 11.5 Å². The highest BCUT2D eigenvalue weighted by atomic mass is 32.2. The van der Waals surface area contributed by atoms with Crippen LogP contribution in [0, 0.1) is 5.92 Å². The van der Waals surface area contributed by atoms with Crippen LogP contribution in [0.25, 0.3) is 0 Å². The van der Waals surface area contributed by atoms with Gasteiger partial charge < -0.3 is 20.1 Å². The second-order valence-corrected chi connectivity index (χ2v) is 9.29. The van der Waals surface area contributed by atoms with E-state index in [4.69, 9.17) is 9.47 Å². The van der Waals surface area contributed by atoms with Crippen molar-refractivity contribution in [1.82, 2.24) is 10.6 Å². The smallest absolute Gasteiger partial charge is 0.252 e. The number of hydrogen-bond donors (Lipinski definition) is 2. The van der Waals surface area contributed by atoms with Crippen LogP contribution in [0.15, 0.2) is 47.4 Å². The standard InChI is InChI=1S/C26H34N2O4S/c1-31-21-12-13-23(32-2)20(16-21)14-15-27-26(30)22-10-6-7-11-24(22)33-18-25(29)28-17-19-8-4-3-5-9-19/h6-7,10-13,16,19H,3-5,8-9,14-15,17-18H2,1-2H3,(H,27,30)(H,28,29). The normalized spacial score (nSPS) is 13.9. The second kappa shape index (κ2) is 13.1. The molecule has 0 atom stereocenters. The SMILES string of the molecule is COc1ccc(OC)c(CCNC(=O)c2ccccc2SCC(=O)NCC2CCCCC2)c1. The predicted octanol–water partition coefficient (Wildman–Crippen LogP) is 4.46. The molecule has 2 aromatic rings. The van der Waals surface area contributed by atoms with Gasteiger partial charge in [-0.25, -0.2) is 0 Å². The van der Waals surface area contributed by atoms with E-state index in [0.29, 0.717) is 30.2 Å². The first-order valence-corrected chi connectivity index (χ1v) is 12.6. The Hall–Kier alpha value is -2.67. The number of rotatable bonds is 11. The summed E-state index contributed by atoms with van der Waals surface area (Å²) in [7, 11) is 3.25. The summed E-state index contributed by atoms with van der Waals surface area (Å²) in [5.41, 5.74) is 1.55. The number of methoxy groups -OCH3 is 2. The molecule has 0 radical (unpaired) electrons. The van der Waals surface area contributed by atoms with E-state index >= 15 is 0 Å². The molecule has 1 saturated carbocycles. The van der Waals surface area contributed by atoms with Crippen molar-refractivity contribution in [2.75, 3.05) is 33.1 Å². The zero-order valence-electron chi connectivity index (χ0n) is 19.5. The fourth-order valence-corrected chi connectivity index (χ4v) is 4.99. The Morgan fingerprint density at radius 2 is 1.79 bits per heavy atom. The summed E-state index contributed by atoms with van der Waals surface area (Å²) in [6.45, 7) is 1.22. The number of carbonyl (C=O) groups excluding carboxylic acids is 2. The third-order valence-electron chi connectivity index (χ3n) is 5.97. The number of carbonyl (C=O) groups is 2. The molecule has 0 saturated heterocycles. The molecule has 0 aromatic heterocycles. The van der Waals surface area contributed by atoms with E-state index in [1.807, 2.05) is 36.4 Å². The summed E-state index contributed by atoms with van der Waals surface area (Å²) in [5, 5.41) is 6.04. The van der Waals surface area contributed by atoms with Gasteiger partial charge in [-0.05, 0) is 61.1 Å². The quantitative estimate of drug-likeness (QED) is 0.474. The lowest BCUT2D eigenvalue weighted by Crippen LogP contribution is -2.31. The van der Waals surface area contributed by atoms with Crippen molar-refractivity contribution >= 4 is 23.6 Å². The molecule has 2 aromatic carbocycles. The topological polar surface area (TPSA) is 76.7 Å². The minimum Gasteiger partial charge on any atom is -0.497 e. The molecule has 2 N–H and O–H groups in total. The van der Waals surface area contributed by atoms with Gasteiger partial charge in [0.05, 0.1) is 25.5 Å². The monoisotopic (exact) mass is 470 g/mol. The van der Waals surface area contributed by atoms with E-state index in [0.717, 1.165) is 28.5 Å². The van der Waals surface area contributed by atoms with Crippen molar-refractivity contribution in [3.05, 3.63) is 53.6 Å². The van der Waals surface area contributed by atoms with Crippen molar-refractivity contribution in [2.24, 2.45) is 5.92 Å². The fourth-order valence-electron chi connectivity index (χ4n) is 4.11. The van der Waals surface area contributed by atoms with Gasteiger partial charge in [-0.3, -0.25) is 9.59 Å². The zero-order valence-corrected chi connectivity index (χ0v) is 20.3. The Bertz CT molecular complexity index is 928. The van der Waals surface area contributed by atoms with Crippen molar-refractivity contribution < 1.29 is 19.1 Å². The lowest BCUT2D eigenvalue weighted by molar-refractivity contribution is -0.118. The maximum atomic E-state index is 12.8. The molecule has 1 fully saturated rings. The molecule has 0 bridgehead atoms. The largest absolute Gasteiger partial charge is 0.497 e. The van der Waals surface area contributed by atoms with Gasteiger partial charge in [0.15, 0.2) is 0 Å². The summed E-state index contributed by atoms with van der Waals surface area (Å²) >= 11 is 1.40. The van der Waals surface area contributed by atoms with Gasteiger partial charge in [-0.2, -0.15) is 0 Å². The molecule has 178 valence electrons. The van der Waals surface area contributed by atoms with Crippen molar-refractivity contribution in [2.45, 2.75) is 43.4 Å². The Labute approximate surface area is 200 Å². The summed E-state index contributed by atoms with van der Waals surface area (Å²) in [4.78, 5) is 26.0. The maximum Gasteiger partial charge on any atom is 0.252 e. The summed E-state index contributed by atoms with van der Waals surface area (Å²) in [6.07, 6.45) is 6.87. The van der Waals surface area contributed by atoms with Gasteiger partial charge in [0.1, 0.15) is 11.5 Å². The van der Waals surface area contributed by atoms with Gasteiger partial charge in [0.25, 0.3) is 5.91 Å². The van der Waals surface area contributed by atoms with Crippen LogP contribution in [0.4, 0.5) is 0 Å². The number of hydrogen-bond acceptors (Lipinski definition) is 5. The molecular formula is C26H34N2O4S. The van der Waals surface area contributed by atoms with E-state index in [9.17, 15) is 9.59 Å². The number of benzene rings is 2. The third kappa shape index (κ3) is 7.70. The molecule has 33 heavy (non-hydrogen) atoms. The molecule has 1 aliphatic carbocycles. The average molecular weight is 471 g/mol. The molecule has 0 heterocycles. The number of ether oxygens (including phenoxy) is 2. The van der Waals surface area contributed by atoms with E-state index in [1.165, 1.54) is 43.9 Å². The molecule has 0 unspecified atom stereocenters. The molecule has 1 aliphatic rings. The van der Waals surface area contributed by atoms with E-state index in [2.05, 4.69) is 10.6 Å². The van der Waals surface area contributed by atoms with Gasteiger partial charge >= 0.3 is 0 Å². The van der Waals surface area contributed by atoms with Crippen LogP contribution in [0.1, 0.15) is 48.0 Å². The van der Waals surface area contributed by atoms with Crippen LogP contribution in [0.3, 0.4) is 0 Å². The lowest BCUT2D eigenvalue weighted by Gasteiger charge is -2.21. The van der Waals surface area contributed by atoms with Crippen LogP contribution >= 0.6 is 11.8 Å². The molecule has 6 nitrogen and oxygen atoms in total. The number of thioether (sulfide) groups is 1. The zero-order chi connectivity index (χ0) is 23.5. The average Bonchev–Trinajstić information content (AvgIpc) is 2.86. The minimum absolute atomic E-state index is 0.0194. The fraction of sp³-hybridized carbons (Fsp3) is 0.462. The summed E-state index contributed by atoms with van der Waals surface area (Å²) in [5.74, 6) is 2.29. The van der Waals surface area contributed by atoms with Crippen molar-refractivity contribution in [3.63, 3.8) is 0 Å². The first kappa shape index (κ1) is 25.0. The van der Waals surface area contributed by atoms with Crippen LogP contribution in [0.2, 0.25) is 0 Å². The van der Waals surface area contributed by atoms with E-state index in [1.54, 1.807) is 20.3 Å². The molecule has 2 amide bonds. The first-order chi connectivity index (χ1) is 16.1. The minimum atomic E-state index is -0.150. The van der Waals surface area contributed by atoms with Gasteiger partial charge in [-0.1, -0.05) is 31.4 Å². The van der Waals surface area contributed by atoms with Crippen LogP contribution < -0.4 is 20.1 Å². The highest BCUT2D eigenvalue weighted by molar-refractivity contribution is 8.00. The Morgan fingerprint density at radius 1 is 1.00 bits per heavy atom.